The van der Waals surface area contributed by atoms with Gasteiger partial charge < -0.3 is 5.73 Å². The van der Waals surface area contributed by atoms with Gasteiger partial charge in [0.25, 0.3) is 0 Å². The van der Waals surface area contributed by atoms with Crippen LogP contribution >= 0.6 is 11.9 Å². The summed E-state index contributed by atoms with van der Waals surface area (Å²) < 4.78 is 0. The maximum atomic E-state index is 5.87. The zero-order valence-corrected chi connectivity index (χ0v) is 7.95. The maximum absolute atomic E-state index is 5.87. The molecule has 0 radical (unpaired) electrons. The molecule has 4 N–H and O–H groups in total. The van der Waals surface area contributed by atoms with Crippen molar-refractivity contribution in [2.45, 2.75) is 26.7 Å². The van der Waals surface area contributed by atoms with Crippen molar-refractivity contribution in [3.05, 3.63) is 10.6 Å². The van der Waals surface area contributed by atoms with Gasteiger partial charge >= 0.3 is 0 Å². The third-order valence-electron chi connectivity index (χ3n) is 2.40. The zero-order chi connectivity index (χ0) is 8.43. The van der Waals surface area contributed by atoms with Crippen LogP contribution in [0.2, 0.25) is 0 Å². The van der Waals surface area contributed by atoms with Gasteiger partial charge in [-0.05, 0) is 31.6 Å². The number of allylic oxidation sites excluding steroid dienone is 2. The fourth-order valence-corrected chi connectivity index (χ4v) is 1.81. The van der Waals surface area contributed by atoms with E-state index in [0.717, 1.165) is 16.5 Å². The summed E-state index contributed by atoms with van der Waals surface area (Å²) in [5.74, 6) is 1.47. The topological polar surface area (TPSA) is 52.0 Å². The van der Waals surface area contributed by atoms with Gasteiger partial charge in [0.15, 0.2) is 0 Å². The minimum Gasteiger partial charge on any atom is -0.401 e. The Kier molecular flexibility index (Phi) is 2.84. The van der Waals surface area contributed by atoms with Gasteiger partial charge in [0.1, 0.15) is 0 Å². The lowest BCUT2D eigenvalue weighted by Gasteiger charge is -2.33. The fourth-order valence-electron chi connectivity index (χ4n) is 1.51. The number of hydrogen-bond donors (Lipinski definition) is 2. The highest BCUT2D eigenvalue weighted by Gasteiger charge is 2.27. The molecule has 0 aromatic carbocycles. The third-order valence-corrected chi connectivity index (χ3v) is 2.99. The molecule has 2 nitrogen and oxygen atoms in total. The van der Waals surface area contributed by atoms with E-state index in [4.69, 9.17) is 10.9 Å². The average molecular weight is 172 g/mol. The summed E-state index contributed by atoms with van der Waals surface area (Å²) in [7, 11) is 0. The first kappa shape index (κ1) is 8.94. The average Bonchev–Trinajstić information content (AvgIpc) is 1.96. The molecule has 0 aliphatic heterocycles. The molecule has 0 heterocycles. The van der Waals surface area contributed by atoms with Crippen molar-refractivity contribution in [1.82, 2.24) is 0 Å². The Labute approximate surface area is 72.5 Å². The van der Waals surface area contributed by atoms with Crippen LogP contribution < -0.4 is 10.9 Å². The van der Waals surface area contributed by atoms with E-state index in [2.05, 4.69) is 6.92 Å². The van der Waals surface area contributed by atoms with Crippen LogP contribution in [0.15, 0.2) is 10.6 Å². The highest BCUT2D eigenvalue weighted by molar-refractivity contribution is 8.00. The van der Waals surface area contributed by atoms with Gasteiger partial charge in [-0.1, -0.05) is 18.9 Å². The second-order valence-electron chi connectivity index (χ2n) is 3.40. The van der Waals surface area contributed by atoms with Crippen molar-refractivity contribution in [2.24, 2.45) is 22.7 Å². The van der Waals surface area contributed by atoms with E-state index < -0.39 is 0 Å². The van der Waals surface area contributed by atoms with Crippen LogP contribution in [0.4, 0.5) is 0 Å². The first-order valence-corrected chi connectivity index (χ1v) is 4.86. The van der Waals surface area contributed by atoms with Crippen molar-refractivity contribution in [3.8, 4) is 0 Å². The van der Waals surface area contributed by atoms with Crippen LogP contribution in [0.3, 0.4) is 0 Å². The summed E-state index contributed by atoms with van der Waals surface area (Å²) in [5.41, 5.74) is 6.88. The predicted octanol–water partition coefficient (Wildman–Crippen LogP) is 1.83. The lowest BCUT2D eigenvalue weighted by molar-refractivity contribution is 0.247. The minimum absolute atomic E-state index is 0.612. The van der Waals surface area contributed by atoms with Gasteiger partial charge in [0.2, 0.25) is 0 Å². The molecule has 0 aromatic rings. The molecule has 1 aliphatic rings. The highest BCUT2D eigenvalue weighted by atomic mass is 32.2. The second-order valence-corrected chi connectivity index (χ2v) is 4.25. The molecule has 11 heavy (non-hydrogen) atoms. The molecule has 3 heteroatoms. The van der Waals surface area contributed by atoms with E-state index in [1.165, 1.54) is 24.8 Å². The molecule has 0 bridgehead atoms. The normalized spacial score (nSPS) is 32.6. The van der Waals surface area contributed by atoms with Gasteiger partial charge in [-0.3, -0.25) is 5.14 Å². The first-order chi connectivity index (χ1) is 5.15. The SMILES string of the molecule is C/C(SN)=C(/N)C1CC(C)C1. The van der Waals surface area contributed by atoms with Crippen LogP contribution in [0.1, 0.15) is 26.7 Å². The Hall–Kier alpha value is -0.150. The molecule has 0 unspecified atom stereocenters. The quantitative estimate of drug-likeness (QED) is 0.625. The third kappa shape index (κ3) is 1.91. The largest absolute Gasteiger partial charge is 0.401 e. The Bertz CT molecular complexity index is 171. The summed E-state index contributed by atoms with van der Waals surface area (Å²) in [6.07, 6.45) is 2.48. The van der Waals surface area contributed by atoms with E-state index >= 15 is 0 Å². The predicted molar refractivity (Wildman–Crippen MR) is 50.6 cm³/mol. The van der Waals surface area contributed by atoms with Crippen molar-refractivity contribution in [1.29, 1.82) is 0 Å². The second kappa shape index (κ2) is 3.50. The smallest absolute Gasteiger partial charge is 0.0219 e. The molecule has 0 aromatic heterocycles. The van der Waals surface area contributed by atoms with Crippen LogP contribution in [0.25, 0.3) is 0 Å². The molecule has 0 atom stereocenters. The Morgan fingerprint density at radius 1 is 1.45 bits per heavy atom. The summed E-state index contributed by atoms with van der Waals surface area (Å²) >= 11 is 1.27. The van der Waals surface area contributed by atoms with E-state index in [0.29, 0.717) is 5.92 Å². The van der Waals surface area contributed by atoms with E-state index in [1.807, 2.05) is 6.92 Å². The van der Waals surface area contributed by atoms with Crippen LogP contribution in [-0.2, 0) is 0 Å². The van der Waals surface area contributed by atoms with E-state index in [-0.39, 0.29) is 0 Å². The first-order valence-electron chi connectivity index (χ1n) is 3.98. The number of rotatable bonds is 2. The van der Waals surface area contributed by atoms with Gasteiger partial charge in [0, 0.05) is 10.6 Å². The molecular weight excluding hydrogens is 156 g/mol. The fraction of sp³-hybridized carbons (Fsp3) is 0.750. The van der Waals surface area contributed by atoms with Gasteiger partial charge in [-0.25, -0.2) is 0 Å². The van der Waals surface area contributed by atoms with E-state index in [1.54, 1.807) is 0 Å². The van der Waals surface area contributed by atoms with Gasteiger partial charge in [0.05, 0.1) is 0 Å². The zero-order valence-electron chi connectivity index (χ0n) is 7.13. The number of hydrogen-bond acceptors (Lipinski definition) is 3. The Morgan fingerprint density at radius 2 is 2.00 bits per heavy atom. The Balaban J connectivity index is 2.48. The monoisotopic (exact) mass is 172 g/mol. The van der Waals surface area contributed by atoms with Gasteiger partial charge in [-0.2, -0.15) is 0 Å². The Morgan fingerprint density at radius 3 is 2.36 bits per heavy atom. The van der Waals surface area contributed by atoms with Crippen LogP contribution in [0.5, 0.6) is 0 Å². The van der Waals surface area contributed by atoms with Crippen molar-refractivity contribution in [3.63, 3.8) is 0 Å². The summed E-state index contributed by atoms with van der Waals surface area (Å²) in [4.78, 5) is 1.09. The summed E-state index contributed by atoms with van der Waals surface area (Å²) in [6.45, 7) is 4.25. The standard InChI is InChI=1S/C8H16N2S/c1-5-3-7(4-5)8(9)6(2)11-10/h5,7H,3-4,9-10H2,1-2H3/b8-6-. The molecule has 64 valence electrons. The van der Waals surface area contributed by atoms with Crippen LogP contribution in [0, 0.1) is 11.8 Å². The molecule has 1 fully saturated rings. The molecule has 1 aliphatic carbocycles. The molecule has 0 saturated heterocycles. The molecule has 1 saturated carbocycles. The van der Waals surface area contributed by atoms with Crippen molar-refractivity contribution < 1.29 is 0 Å². The summed E-state index contributed by atoms with van der Waals surface area (Å²) in [6, 6.07) is 0. The van der Waals surface area contributed by atoms with Crippen LogP contribution in [-0.4, -0.2) is 0 Å². The van der Waals surface area contributed by atoms with Crippen molar-refractivity contribution >= 4 is 11.9 Å². The minimum atomic E-state index is 0.612. The number of nitrogens with two attached hydrogens (primary N) is 2. The lowest BCUT2D eigenvalue weighted by Crippen LogP contribution is -2.27. The van der Waals surface area contributed by atoms with Crippen molar-refractivity contribution in [2.75, 3.05) is 0 Å². The molecular formula is C8H16N2S. The lowest BCUT2D eigenvalue weighted by atomic mass is 9.74. The highest BCUT2D eigenvalue weighted by Crippen LogP contribution is 2.38. The molecule has 1 rings (SSSR count). The summed E-state index contributed by atoms with van der Waals surface area (Å²) in [5, 5.41) is 5.40. The maximum Gasteiger partial charge on any atom is 0.0219 e. The molecule has 0 spiro atoms. The molecule has 0 amide bonds. The van der Waals surface area contributed by atoms with E-state index in [9.17, 15) is 0 Å². The van der Waals surface area contributed by atoms with Gasteiger partial charge in [-0.15, -0.1) is 0 Å².